The van der Waals surface area contributed by atoms with Gasteiger partial charge in [-0.1, -0.05) is 23.7 Å². The Kier molecular flexibility index (Phi) is 10.4. The minimum atomic E-state index is -0.374. The first-order valence-electron chi connectivity index (χ1n) is 10.2. The third-order valence-corrected chi connectivity index (χ3v) is 4.83. The maximum atomic E-state index is 12.6. The van der Waals surface area contributed by atoms with E-state index in [9.17, 15) is 9.59 Å². The molecule has 0 atom stereocenters. The Labute approximate surface area is 205 Å². The van der Waals surface area contributed by atoms with Crippen molar-refractivity contribution in [1.29, 1.82) is 0 Å². The number of amides is 1. The highest BCUT2D eigenvalue weighted by atomic mass is 35.5. The lowest BCUT2D eigenvalue weighted by atomic mass is 10.2. The summed E-state index contributed by atoms with van der Waals surface area (Å²) in [6.45, 7) is 2.43. The number of fused-ring (bicyclic) bond motifs is 1. The van der Waals surface area contributed by atoms with Gasteiger partial charge >= 0.3 is 0 Å². The number of rotatable bonds is 7. The van der Waals surface area contributed by atoms with Crippen LogP contribution >= 0.6 is 11.6 Å². The molecule has 0 aliphatic rings. The number of aromatic amines is 1. The van der Waals surface area contributed by atoms with Crippen LogP contribution in [0.3, 0.4) is 0 Å². The number of halogens is 1. The zero-order chi connectivity index (χ0) is 25.8. The summed E-state index contributed by atoms with van der Waals surface area (Å²) >= 11 is 6.11. The number of aryl methyl sites for hydroxylation is 1. The van der Waals surface area contributed by atoms with E-state index in [2.05, 4.69) is 25.1 Å². The zero-order valence-corrected chi connectivity index (χ0v) is 19.7. The second-order valence-electron chi connectivity index (χ2n) is 6.52. The van der Waals surface area contributed by atoms with Gasteiger partial charge in [0.1, 0.15) is 18.1 Å². The second-order valence-corrected chi connectivity index (χ2v) is 6.92. The Morgan fingerprint density at radius 2 is 1.91 bits per heavy atom. The molecule has 12 heteroatoms. The Hall–Kier alpha value is -4.22. The number of para-hydroxylation sites is 2. The van der Waals surface area contributed by atoms with E-state index in [0.717, 1.165) is 30.5 Å². The van der Waals surface area contributed by atoms with Gasteiger partial charge in [0.15, 0.2) is 17.9 Å². The monoisotopic (exact) mass is 501 g/mol. The number of nitrogens with one attached hydrogen (secondary N) is 2. The summed E-state index contributed by atoms with van der Waals surface area (Å²) in [7, 11) is 1.00. The maximum absolute atomic E-state index is 12.6. The fourth-order valence-electron chi connectivity index (χ4n) is 3.17. The van der Waals surface area contributed by atoms with Crippen molar-refractivity contribution in [3.63, 3.8) is 0 Å². The minimum Gasteiger partial charge on any atom is -0.485 e. The van der Waals surface area contributed by atoms with E-state index in [-0.39, 0.29) is 24.0 Å². The number of aldehydes is 1. The van der Waals surface area contributed by atoms with Crippen LogP contribution in [0.5, 0.6) is 5.75 Å². The van der Waals surface area contributed by atoms with Crippen LogP contribution in [0, 0.1) is 0 Å². The van der Waals surface area contributed by atoms with Crippen molar-refractivity contribution in [3.05, 3.63) is 59.1 Å². The van der Waals surface area contributed by atoms with Crippen molar-refractivity contribution >= 4 is 47.1 Å². The normalized spacial score (nSPS) is 9.83. The molecule has 4 aromatic rings. The molecule has 2 aromatic heterocycles. The molecule has 0 radical (unpaired) electrons. The fourth-order valence-corrected chi connectivity index (χ4v) is 3.41. The minimum absolute atomic E-state index is 0.107. The largest absolute Gasteiger partial charge is 0.485 e. The molecule has 0 fully saturated rings. The molecule has 0 aliphatic heterocycles. The summed E-state index contributed by atoms with van der Waals surface area (Å²) in [5.41, 5.74) is 2.95. The molecule has 4 N–H and O–H groups in total. The van der Waals surface area contributed by atoms with E-state index in [0.29, 0.717) is 29.1 Å². The van der Waals surface area contributed by atoms with Crippen LogP contribution in [0.2, 0.25) is 5.02 Å². The molecule has 11 nitrogen and oxygen atoms in total. The smallest absolute Gasteiger partial charge is 0.290 e. The van der Waals surface area contributed by atoms with Gasteiger partial charge < -0.3 is 24.8 Å². The molecule has 35 heavy (non-hydrogen) atoms. The van der Waals surface area contributed by atoms with E-state index < -0.39 is 0 Å². The molecule has 0 bridgehead atoms. The lowest BCUT2D eigenvalue weighted by Crippen LogP contribution is -2.12. The van der Waals surface area contributed by atoms with Gasteiger partial charge in [-0.25, -0.2) is 4.98 Å². The molecule has 0 saturated heterocycles. The Bertz CT molecular complexity index is 1290. The number of nitrogens with zero attached hydrogens (tertiary/aromatic N) is 3. The van der Waals surface area contributed by atoms with Gasteiger partial charge in [-0.05, 0) is 37.3 Å². The van der Waals surface area contributed by atoms with Crippen LogP contribution < -0.4 is 10.1 Å². The highest BCUT2D eigenvalue weighted by molar-refractivity contribution is 6.32. The Morgan fingerprint density at radius 3 is 2.57 bits per heavy atom. The third kappa shape index (κ3) is 6.65. The topological polar surface area (TPSA) is 159 Å². The predicted octanol–water partition coefficient (Wildman–Crippen LogP) is 3.24. The molecular weight excluding hydrogens is 478 g/mol. The fraction of sp³-hybridized carbons (Fsp3) is 0.174. The lowest BCUT2D eigenvalue weighted by Gasteiger charge is -2.07. The number of carbonyl (C=O) groups is 3. The standard InChI is InChI=1S/C21H18ClN5O3.CH2O2.CH4O/c1-2-27-17-6-4-3-5-15(17)23-20(27)16-12-19(26-25-16)24-21(29)13-7-8-18(14(22)11-13)30-10-9-28;2-1-3;1-2/h3-9,11-12H,2,10H2,1H3,(H2,24,25,26,29);1H,(H,2,3);2H,1H3. The van der Waals surface area contributed by atoms with Gasteiger partial charge in [0.25, 0.3) is 12.4 Å². The number of ether oxygens (including phenoxy) is 1. The van der Waals surface area contributed by atoms with E-state index in [4.69, 9.17) is 31.3 Å². The third-order valence-electron chi connectivity index (χ3n) is 4.53. The van der Waals surface area contributed by atoms with Crippen molar-refractivity contribution in [3.8, 4) is 17.3 Å². The SMILES string of the molecule is CCn1c(-c2cc(NC(=O)c3ccc(OCC=O)c(Cl)c3)n[nH]2)nc2ccccc21.CO.O=CO. The van der Waals surface area contributed by atoms with Gasteiger partial charge in [-0.2, -0.15) is 5.10 Å². The van der Waals surface area contributed by atoms with Gasteiger partial charge in [0, 0.05) is 25.3 Å². The summed E-state index contributed by atoms with van der Waals surface area (Å²) < 4.78 is 7.26. The molecule has 0 saturated carbocycles. The van der Waals surface area contributed by atoms with Gasteiger partial charge in [0.2, 0.25) is 0 Å². The van der Waals surface area contributed by atoms with Crippen molar-refractivity contribution in [2.24, 2.45) is 0 Å². The molecule has 0 unspecified atom stereocenters. The number of aliphatic hydroxyl groups is 1. The molecule has 2 aromatic carbocycles. The number of hydrogen-bond donors (Lipinski definition) is 4. The quantitative estimate of drug-likeness (QED) is 0.281. The van der Waals surface area contributed by atoms with Crippen LogP contribution in [0.25, 0.3) is 22.6 Å². The first-order valence-corrected chi connectivity index (χ1v) is 10.6. The lowest BCUT2D eigenvalue weighted by molar-refractivity contribution is -0.122. The number of aliphatic hydroxyl groups excluding tert-OH is 1. The number of carbonyl (C=O) groups excluding carboxylic acids is 2. The number of imidazole rings is 1. The van der Waals surface area contributed by atoms with Crippen molar-refractivity contribution in [1.82, 2.24) is 19.7 Å². The number of aromatic nitrogens is 4. The summed E-state index contributed by atoms with van der Waals surface area (Å²) in [5.74, 6) is 1.07. The van der Waals surface area contributed by atoms with Crippen LogP contribution in [0.4, 0.5) is 5.82 Å². The van der Waals surface area contributed by atoms with Crippen molar-refractivity contribution < 1.29 is 29.3 Å². The molecule has 0 aliphatic carbocycles. The van der Waals surface area contributed by atoms with Gasteiger partial charge in [-0.15, -0.1) is 0 Å². The Morgan fingerprint density at radius 1 is 1.20 bits per heavy atom. The number of H-pyrrole nitrogens is 1. The van der Waals surface area contributed by atoms with Crippen LogP contribution in [-0.2, 0) is 16.1 Å². The summed E-state index contributed by atoms with van der Waals surface area (Å²) in [4.78, 5) is 36.0. The second kappa shape index (κ2) is 13.5. The summed E-state index contributed by atoms with van der Waals surface area (Å²) in [5, 5.41) is 24.0. The summed E-state index contributed by atoms with van der Waals surface area (Å²) in [6, 6.07) is 14.2. The van der Waals surface area contributed by atoms with Crippen LogP contribution in [-0.4, -0.2) is 62.3 Å². The van der Waals surface area contributed by atoms with Crippen LogP contribution in [0.15, 0.2) is 48.5 Å². The number of carboxylic acid groups (broad SMARTS) is 1. The van der Waals surface area contributed by atoms with E-state index in [1.54, 1.807) is 18.2 Å². The van der Waals surface area contributed by atoms with Gasteiger partial charge in [0.05, 0.1) is 16.1 Å². The van der Waals surface area contributed by atoms with E-state index >= 15 is 0 Å². The van der Waals surface area contributed by atoms with Crippen LogP contribution in [0.1, 0.15) is 17.3 Å². The first kappa shape index (κ1) is 27.0. The average Bonchev–Trinajstić information content (AvgIpc) is 3.49. The van der Waals surface area contributed by atoms with Crippen molar-refractivity contribution in [2.75, 3.05) is 19.0 Å². The molecule has 2 heterocycles. The van der Waals surface area contributed by atoms with Crippen molar-refractivity contribution in [2.45, 2.75) is 13.5 Å². The first-order chi connectivity index (χ1) is 17.0. The molecule has 0 spiro atoms. The summed E-state index contributed by atoms with van der Waals surface area (Å²) in [6.07, 6.45) is 0.624. The number of benzene rings is 2. The van der Waals surface area contributed by atoms with Gasteiger partial charge in [-0.3, -0.25) is 19.5 Å². The highest BCUT2D eigenvalue weighted by Gasteiger charge is 2.16. The molecule has 4 rings (SSSR count). The van der Waals surface area contributed by atoms with E-state index in [1.165, 1.54) is 6.07 Å². The number of hydrogen-bond acceptors (Lipinski definition) is 7. The predicted molar refractivity (Wildman–Crippen MR) is 131 cm³/mol. The highest BCUT2D eigenvalue weighted by Crippen LogP contribution is 2.27. The maximum Gasteiger partial charge on any atom is 0.290 e. The molecule has 184 valence electrons. The Balaban J connectivity index is 0.000000803. The molecular formula is C23H24ClN5O6. The van der Waals surface area contributed by atoms with E-state index in [1.807, 2.05) is 31.2 Å². The number of anilines is 1. The average molecular weight is 502 g/mol. The molecule has 1 amide bonds. The zero-order valence-electron chi connectivity index (χ0n) is 18.9.